The molecule has 1 spiro atoms. The molecule has 0 N–H and O–H groups in total. The van der Waals surface area contributed by atoms with E-state index < -0.39 is 5.41 Å². The first-order valence-corrected chi connectivity index (χ1v) is 21.1. The molecule has 0 saturated heterocycles. The van der Waals surface area contributed by atoms with Crippen molar-refractivity contribution in [3.63, 3.8) is 0 Å². The Kier molecular flexibility index (Phi) is 6.51. The SMILES string of the molecule is CC1(C)c2ccccc2-c2ccc(N(c3ccc4c(c3)-c3ccccc3C43c4ccccc4Oc4c3oc3ccccc43)c3ccc4c(c3)C(C)(C)c3ccccc3-4)cc21. The molecule has 0 bridgehead atoms. The number of fused-ring (bicyclic) bond motifs is 17. The van der Waals surface area contributed by atoms with Crippen molar-refractivity contribution in [2.45, 2.75) is 43.9 Å². The van der Waals surface area contributed by atoms with Crippen LogP contribution >= 0.6 is 0 Å². The first kappa shape index (κ1) is 33.8. The number of hydrogen-bond donors (Lipinski definition) is 0. The van der Waals surface area contributed by atoms with Gasteiger partial charge >= 0.3 is 0 Å². The molecule has 1 aliphatic heterocycles. The Morgan fingerprint density at radius 2 is 0.850 bits per heavy atom. The molecule has 1 atom stereocenters. The normalized spacial score (nSPS) is 17.5. The minimum atomic E-state index is -0.703. The third kappa shape index (κ3) is 4.14. The average molecular weight is 772 g/mol. The van der Waals surface area contributed by atoms with Crippen LogP contribution in [0.25, 0.3) is 44.3 Å². The Morgan fingerprint density at radius 3 is 1.50 bits per heavy atom. The van der Waals surface area contributed by atoms with Crippen LogP contribution in [0.5, 0.6) is 11.5 Å². The Bertz CT molecular complexity index is 3220. The van der Waals surface area contributed by atoms with Crippen LogP contribution in [0.1, 0.15) is 72.4 Å². The smallest absolute Gasteiger partial charge is 0.178 e. The summed E-state index contributed by atoms with van der Waals surface area (Å²) in [6, 6.07) is 64.8. The van der Waals surface area contributed by atoms with Gasteiger partial charge in [0.15, 0.2) is 11.5 Å². The van der Waals surface area contributed by atoms with Crippen molar-refractivity contribution in [1.29, 1.82) is 0 Å². The van der Waals surface area contributed by atoms with Gasteiger partial charge in [-0.1, -0.05) is 149 Å². The molecule has 0 radical (unpaired) electrons. The second-order valence-corrected chi connectivity index (χ2v) is 18.0. The van der Waals surface area contributed by atoms with Gasteiger partial charge in [-0.3, -0.25) is 0 Å². The van der Waals surface area contributed by atoms with Gasteiger partial charge in [-0.05, 0) is 121 Å². The van der Waals surface area contributed by atoms with Gasteiger partial charge in [0, 0.05) is 33.5 Å². The fourth-order valence-electron chi connectivity index (χ4n) is 11.5. The number of hydrogen-bond acceptors (Lipinski definition) is 3. The second kappa shape index (κ2) is 11.5. The van der Waals surface area contributed by atoms with E-state index in [2.05, 4.69) is 196 Å². The lowest BCUT2D eigenvalue weighted by Crippen LogP contribution is -2.31. The van der Waals surface area contributed by atoms with Gasteiger partial charge in [-0.2, -0.15) is 0 Å². The van der Waals surface area contributed by atoms with E-state index in [1.54, 1.807) is 0 Å². The van der Waals surface area contributed by atoms with Crippen LogP contribution in [0.2, 0.25) is 0 Å². The molecule has 0 fully saturated rings. The Hall–Kier alpha value is -7.10. The van der Waals surface area contributed by atoms with Crippen molar-refractivity contribution < 1.29 is 9.15 Å². The van der Waals surface area contributed by atoms with E-state index in [0.717, 1.165) is 50.9 Å². The fourth-order valence-corrected chi connectivity index (χ4v) is 11.5. The second-order valence-electron chi connectivity index (χ2n) is 18.0. The Morgan fingerprint density at radius 1 is 0.383 bits per heavy atom. The quantitative estimate of drug-likeness (QED) is 0.179. The topological polar surface area (TPSA) is 25.6 Å². The standard InChI is InChI=1S/C57H41NO2/c1-55(2)44-19-9-5-15-37(44)40-28-25-35(32-49(40)55)58(36-26-29-41-38-16-6-10-20-45(38)56(3,4)50(41)33-36)34-27-30-47-43(31-34)39-17-7-11-21-46(39)57(47)48-22-12-14-24-52(48)59-53-42-18-8-13-23-51(42)60-54(53)57/h5-33H,1-4H3. The van der Waals surface area contributed by atoms with Crippen molar-refractivity contribution >= 4 is 28.0 Å². The number of nitrogens with zero attached hydrogens (tertiary/aromatic N) is 1. The van der Waals surface area contributed by atoms with Gasteiger partial charge in [0.25, 0.3) is 0 Å². The van der Waals surface area contributed by atoms with Crippen molar-refractivity contribution in [3.8, 4) is 44.9 Å². The third-order valence-corrected chi connectivity index (χ3v) is 14.3. The molecular weight excluding hydrogens is 731 g/mol. The molecule has 3 heteroatoms. The summed E-state index contributed by atoms with van der Waals surface area (Å²) in [4.78, 5) is 2.48. The Labute approximate surface area is 350 Å². The maximum atomic E-state index is 6.96. The minimum Gasteiger partial charge on any atom is -0.455 e. The summed E-state index contributed by atoms with van der Waals surface area (Å²) < 4.78 is 13.7. The molecule has 1 unspecified atom stereocenters. The molecule has 3 nitrogen and oxygen atoms in total. The van der Waals surface area contributed by atoms with Gasteiger partial charge in [0.05, 0.1) is 5.39 Å². The van der Waals surface area contributed by atoms with Gasteiger partial charge in [0.1, 0.15) is 16.7 Å². The number of furan rings is 1. The summed E-state index contributed by atoms with van der Waals surface area (Å²) in [5, 5.41) is 0.985. The summed E-state index contributed by atoms with van der Waals surface area (Å²) in [7, 11) is 0. The number of benzene rings is 8. The summed E-state index contributed by atoms with van der Waals surface area (Å²) in [6.45, 7) is 9.46. The summed E-state index contributed by atoms with van der Waals surface area (Å²) in [5.74, 6) is 2.48. The summed E-state index contributed by atoms with van der Waals surface area (Å²) in [5.41, 5.74) is 19.8. The van der Waals surface area contributed by atoms with Crippen LogP contribution in [0, 0.1) is 0 Å². The van der Waals surface area contributed by atoms with E-state index in [4.69, 9.17) is 9.15 Å². The predicted molar refractivity (Wildman–Crippen MR) is 243 cm³/mol. The van der Waals surface area contributed by atoms with E-state index in [-0.39, 0.29) is 10.8 Å². The lowest BCUT2D eigenvalue weighted by Gasteiger charge is -2.36. The zero-order chi connectivity index (χ0) is 40.1. The lowest BCUT2D eigenvalue weighted by molar-refractivity contribution is 0.389. The highest BCUT2D eigenvalue weighted by Gasteiger charge is 2.54. The highest BCUT2D eigenvalue weighted by atomic mass is 16.5. The molecule has 60 heavy (non-hydrogen) atoms. The van der Waals surface area contributed by atoms with E-state index in [1.165, 1.54) is 66.8 Å². The molecule has 9 aromatic rings. The first-order chi connectivity index (χ1) is 29.3. The van der Waals surface area contributed by atoms with Crippen LogP contribution in [0.3, 0.4) is 0 Å². The first-order valence-electron chi connectivity index (χ1n) is 21.1. The van der Waals surface area contributed by atoms with E-state index in [1.807, 2.05) is 12.1 Å². The molecule has 4 aliphatic rings. The van der Waals surface area contributed by atoms with Crippen LogP contribution in [0.15, 0.2) is 180 Å². The van der Waals surface area contributed by atoms with Gasteiger partial charge in [-0.25, -0.2) is 0 Å². The molecule has 3 aliphatic carbocycles. The molecular formula is C57H41NO2. The molecule has 286 valence electrons. The lowest BCUT2D eigenvalue weighted by atomic mass is 9.69. The van der Waals surface area contributed by atoms with Crippen molar-refractivity contribution in [3.05, 3.63) is 221 Å². The number of rotatable bonds is 3. The highest BCUT2D eigenvalue weighted by molar-refractivity contribution is 5.96. The minimum absolute atomic E-state index is 0.140. The maximum Gasteiger partial charge on any atom is 0.178 e. The number of para-hydroxylation sites is 2. The highest BCUT2D eigenvalue weighted by Crippen LogP contribution is 2.64. The molecule has 8 aromatic carbocycles. The van der Waals surface area contributed by atoms with E-state index in [0.29, 0.717) is 0 Å². The van der Waals surface area contributed by atoms with Gasteiger partial charge in [0.2, 0.25) is 0 Å². The fraction of sp³-hybridized carbons (Fsp3) is 0.123. The van der Waals surface area contributed by atoms with Gasteiger partial charge < -0.3 is 14.1 Å². The average Bonchev–Trinajstić information content (AvgIpc) is 3.94. The number of ether oxygens (including phenoxy) is 1. The largest absolute Gasteiger partial charge is 0.455 e. The van der Waals surface area contributed by atoms with Crippen molar-refractivity contribution in [2.75, 3.05) is 4.90 Å². The third-order valence-electron chi connectivity index (χ3n) is 14.3. The maximum absolute atomic E-state index is 6.96. The Balaban J connectivity index is 1.06. The van der Waals surface area contributed by atoms with Crippen LogP contribution in [-0.4, -0.2) is 0 Å². The van der Waals surface area contributed by atoms with Gasteiger partial charge in [-0.15, -0.1) is 0 Å². The van der Waals surface area contributed by atoms with E-state index >= 15 is 0 Å². The zero-order valence-electron chi connectivity index (χ0n) is 34.0. The molecule has 1 aromatic heterocycles. The molecule has 0 saturated carbocycles. The molecule has 13 rings (SSSR count). The van der Waals surface area contributed by atoms with Crippen LogP contribution in [-0.2, 0) is 16.2 Å². The van der Waals surface area contributed by atoms with E-state index in [9.17, 15) is 0 Å². The predicted octanol–water partition coefficient (Wildman–Crippen LogP) is 15.0. The molecule has 0 amide bonds. The zero-order valence-corrected chi connectivity index (χ0v) is 34.0. The monoisotopic (exact) mass is 771 g/mol. The van der Waals surface area contributed by atoms with Crippen molar-refractivity contribution in [1.82, 2.24) is 0 Å². The molecule has 2 heterocycles. The van der Waals surface area contributed by atoms with Crippen LogP contribution < -0.4 is 9.64 Å². The van der Waals surface area contributed by atoms with Crippen molar-refractivity contribution in [2.24, 2.45) is 0 Å². The summed E-state index contributed by atoms with van der Waals surface area (Å²) in [6.07, 6.45) is 0. The number of anilines is 3. The summed E-state index contributed by atoms with van der Waals surface area (Å²) >= 11 is 0. The van der Waals surface area contributed by atoms with Crippen LogP contribution in [0.4, 0.5) is 17.1 Å².